The van der Waals surface area contributed by atoms with E-state index in [9.17, 15) is 14.4 Å². The number of imidazole rings is 1. The van der Waals surface area contributed by atoms with Crippen LogP contribution < -0.4 is 10.6 Å². The summed E-state index contributed by atoms with van der Waals surface area (Å²) in [6, 6.07) is 9.97. The number of hydrogen-bond donors (Lipinski definition) is 2. The summed E-state index contributed by atoms with van der Waals surface area (Å²) >= 11 is 1.31. The number of benzene rings is 1. The normalized spacial score (nSPS) is 10.3. The van der Waals surface area contributed by atoms with E-state index in [0.717, 1.165) is 0 Å². The van der Waals surface area contributed by atoms with Gasteiger partial charge in [-0.15, -0.1) is 11.3 Å². The Morgan fingerprint density at radius 2 is 1.92 bits per heavy atom. The average Bonchev–Trinajstić information content (AvgIpc) is 3.31. The number of thiophene rings is 1. The van der Waals surface area contributed by atoms with Crippen LogP contribution in [0.15, 0.2) is 54.2 Å². The summed E-state index contributed by atoms with van der Waals surface area (Å²) in [5.41, 5.74) is 1.01. The number of nitrogens with one attached hydrogen (secondary N) is 2. The van der Waals surface area contributed by atoms with Crippen LogP contribution in [0.1, 0.15) is 25.9 Å². The molecular formula is C18H16N4O3S. The molecule has 0 saturated heterocycles. The predicted octanol–water partition coefficient (Wildman–Crippen LogP) is 2.08. The second-order valence-corrected chi connectivity index (χ2v) is 6.42. The van der Waals surface area contributed by atoms with Gasteiger partial charge in [0.15, 0.2) is 5.82 Å². The SMILES string of the molecule is Cn1ccnc1C(=O)c1ccc(NC(=O)CNC(=O)c2cccs2)cc1. The molecule has 0 spiro atoms. The molecule has 0 radical (unpaired) electrons. The number of hydrogen-bond acceptors (Lipinski definition) is 5. The van der Waals surface area contributed by atoms with E-state index in [1.807, 2.05) is 0 Å². The average molecular weight is 368 g/mol. The van der Waals surface area contributed by atoms with Crippen LogP contribution in [0.4, 0.5) is 5.69 Å². The van der Waals surface area contributed by atoms with Gasteiger partial charge in [-0.1, -0.05) is 6.07 Å². The zero-order valence-electron chi connectivity index (χ0n) is 13.9. The molecule has 3 aromatic rings. The molecule has 8 heteroatoms. The number of aromatic nitrogens is 2. The summed E-state index contributed by atoms with van der Waals surface area (Å²) in [5, 5.41) is 7.02. The minimum absolute atomic E-state index is 0.134. The highest BCUT2D eigenvalue weighted by molar-refractivity contribution is 7.12. The zero-order valence-corrected chi connectivity index (χ0v) is 14.7. The van der Waals surface area contributed by atoms with Gasteiger partial charge in [0.2, 0.25) is 11.7 Å². The van der Waals surface area contributed by atoms with Gasteiger partial charge in [0.25, 0.3) is 5.91 Å². The van der Waals surface area contributed by atoms with Gasteiger partial charge in [0.1, 0.15) is 0 Å². The Balaban J connectivity index is 1.55. The van der Waals surface area contributed by atoms with Crippen LogP contribution in [0.5, 0.6) is 0 Å². The van der Waals surface area contributed by atoms with Crippen LogP contribution in [0.25, 0.3) is 0 Å². The molecule has 2 amide bonds. The maximum atomic E-state index is 12.3. The van der Waals surface area contributed by atoms with Crippen LogP contribution in [0.3, 0.4) is 0 Å². The molecule has 0 atom stereocenters. The maximum absolute atomic E-state index is 12.3. The number of amides is 2. The number of carbonyl (C=O) groups is 3. The van der Waals surface area contributed by atoms with Crippen molar-refractivity contribution in [3.05, 3.63) is 70.4 Å². The number of ketones is 1. The number of anilines is 1. The van der Waals surface area contributed by atoms with Gasteiger partial charge in [0.05, 0.1) is 11.4 Å². The summed E-state index contributed by atoms with van der Waals surface area (Å²) < 4.78 is 1.65. The van der Waals surface area contributed by atoms with Crippen molar-refractivity contribution in [3.8, 4) is 0 Å². The highest BCUT2D eigenvalue weighted by atomic mass is 32.1. The highest BCUT2D eigenvalue weighted by Crippen LogP contribution is 2.13. The van der Waals surface area contributed by atoms with Crippen LogP contribution in [0.2, 0.25) is 0 Å². The topological polar surface area (TPSA) is 93.1 Å². The first kappa shape index (κ1) is 17.6. The number of rotatable bonds is 6. The third-order valence-electron chi connectivity index (χ3n) is 3.61. The Labute approximate surface area is 153 Å². The maximum Gasteiger partial charge on any atom is 0.261 e. The van der Waals surface area contributed by atoms with Gasteiger partial charge >= 0.3 is 0 Å². The van der Waals surface area contributed by atoms with Crippen LogP contribution in [0, 0.1) is 0 Å². The van der Waals surface area contributed by atoms with Crippen LogP contribution >= 0.6 is 11.3 Å². The van der Waals surface area contributed by atoms with E-state index >= 15 is 0 Å². The number of nitrogens with zero attached hydrogens (tertiary/aromatic N) is 2. The number of carbonyl (C=O) groups excluding carboxylic acids is 3. The van der Waals surface area contributed by atoms with Gasteiger partial charge in [-0.3, -0.25) is 14.4 Å². The van der Waals surface area contributed by atoms with E-state index in [0.29, 0.717) is 22.0 Å². The minimum Gasteiger partial charge on any atom is -0.342 e. The zero-order chi connectivity index (χ0) is 18.5. The smallest absolute Gasteiger partial charge is 0.261 e. The molecule has 0 fully saturated rings. The molecular weight excluding hydrogens is 352 g/mol. The molecule has 2 N–H and O–H groups in total. The van der Waals surface area contributed by atoms with E-state index in [1.165, 1.54) is 11.3 Å². The lowest BCUT2D eigenvalue weighted by molar-refractivity contribution is -0.115. The van der Waals surface area contributed by atoms with Crippen molar-refractivity contribution in [2.75, 3.05) is 11.9 Å². The standard InChI is InChI=1S/C18H16N4O3S/c1-22-9-8-19-17(22)16(24)12-4-6-13(7-5-12)21-15(23)11-20-18(25)14-3-2-10-26-14/h2-10H,11H2,1H3,(H,20,25)(H,21,23). The van der Waals surface area contributed by atoms with Gasteiger partial charge in [-0.2, -0.15) is 0 Å². The lowest BCUT2D eigenvalue weighted by Gasteiger charge is -2.07. The molecule has 132 valence electrons. The van der Waals surface area contributed by atoms with Gasteiger partial charge < -0.3 is 15.2 Å². The molecule has 0 aliphatic rings. The van der Waals surface area contributed by atoms with Crippen molar-refractivity contribution >= 4 is 34.6 Å². The third-order valence-corrected chi connectivity index (χ3v) is 4.48. The molecule has 0 aliphatic carbocycles. The largest absolute Gasteiger partial charge is 0.342 e. The van der Waals surface area contributed by atoms with Gasteiger partial charge in [-0.25, -0.2) is 4.98 Å². The first-order valence-electron chi connectivity index (χ1n) is 7.78. The molecule has 2 heterocycles. The van der Waals surface area contributed by atoms with Crippen molar-refractivity contribution in [1.29, 1.82) is 0 Å². The lowest BCUT2D eigenvalue weighted by Crippen LogP contribution is -2.32. The summed E-state index contributed by atoms with van der Waals surface area (Å²) in [6.07, 6.45) is 3.26. The fraction of sp³-hybridized carbons (Fsp3) is 0.111. The molecule has 0 aliphatic heterocycles. The molecule has 0 unspecified atom stereocenters. The van der Waals surface area contributed by atoms with Crippen molar-refractivity contribution in [3.63, 3.8) is 0 Å². The van der Waals surface area contributed by atoms with Crippen molar-refractivity contribution in [2.24, 2.45) is 7.05 Å². The molecule has 1 aromatic carbocycles. The molecule has 0 bridgehead atoms. The Bertz CT molecular complexity index is 930. The van der Waals surface area contributed by atoms with E-state index < -0.39 is 0 Å². The Morgan fingerprint density at radius 1 is 1.15 bits per heavy atom. The molecule has 26 heavy (non-hydrogen) atoms. The van der Waals surface area contributed by atoms with E-state index in [2.05, 4.69) is 15.6 Å². The summed E-state index contributed by atoms with van der Waals surface area (Å²) in [7, 11) is 1.75. The van der Waals surface area contributed by atoms with Gasteiger partial charge in [-0.05, 0) is 35.7 Å². The second kappa shape index (κ2) is 7.75. The quantitative estimate of drug-likeness (QED) is 0.652. The van der Waals surface area contributed by atoms with Crippen molar-refractivity contribution in [2.45, 2.75) is 0 Å². The Morgan fingerprint density at radius 3 is 2.54 bits per heavy atom. The first-order valence-corrected chi connectivity index (χ1v) is 8.66. The fourth-order valence-corrected chi connectivity index (χ4v) is 2.92. The van der Waals surface area contributed by atoms with Gasteiger partial charge in [0, 0.05) is 30.7 Å². The first-order chi connectivity index (χ1) is 12.5. The molecule has 2 aromatic heterocycles. The summed E-state index contributed by atoms with van der Waals surface area (Å²) in [4.78, 5) is 40.6. The van der Waals surface area contributed by atoms with Crippen LogP contribution in [-0.2, 0) is 11.8 Å². The summed E-state index contributed by atoms with van der Waals surface area (Å²) in [5.74, 6) is -0.485. The van der Waals surface area contributed by atoms with E-state index in [4.69, 9.17) is 0 Å². The fourth-order valence-electron chi connectivity index (χ4n) is 2.28. The number of aryl methyl sites for hydroxylation is 1. The molecule has 3 rings (SSSR count). The van der Waals surface area contributed by atoms with E-state index in [1.54, 1.807) is 65.8 Å². The van der Waals surface area contributed by atoms with Crippen molar-refractivity contribution < 1.29 is 14.4 Å². The summed E-state index contributed by atoms with van der Waals surface area (Å²) in [6.45, 7) is -0.134. The lowest BCUT2D eigenvalue weighted by atomic mass is 10.1. The molecule has 7 nitrogen and oxygen atoms in total. The minimum atomic E-state index is -0.349. The predicted molar refractivity (Wildman–Crippen MR) is 98.4 cm³/mol. The molecule has 0 saturated carbocycles. The highest BCUT2D eigenvalue weighted by Gasteiger charge is 2.14. The van der Waals surface area contributed by atoms with E-state index in [-0.39, 0.29) is 24.1 Å². The van der Waals surface area contributed by atoms with Crippen molar-refractivity contribution in [1.82, 2.24) is 14.9 Å². The Hall–Kier alpha value is -3.26. The Kier molecular flexibility index (Phi) is 5.23. The monoisotopic (exact) mass is 368 g/mol. The second-order valence-electron chi connectivity index (χ2n) is 5.48. The van der Waals surface area contributed by atoms with Crippen LogP contribution in [-0.4, -0.2) is 33.7 Å². The third kappa shape index (κ3) is 4.04.